The number of hydrogen-bond acceptors (Lipinski definition) is 4. The van der Waals surface area contributed by atoms with Gasteiger partial charge in [-0.3, -0.25) is 4.79 Å². The zero-order valence-electron chi connectivity index (χ0n) is 11.2. The molecule has 1 saturated carbocycles. The standard InChI is InChI=1S/C15H14ClN3O2/c16-14-7-6-13(17-18-14)15(21)19(11-4-5-11)9-10-2-1-3-12(20)8-10/h1-3,6-8,11,20H,4-5,9H2. The Labute approximate surface area is 127 Å². The number of halogens is 1. The highest BCUT2D eigenvalue weighted by Crippen LogP contribution is 2.30. The van der Waals surface area contributed by atoms with Gasteiger partial charge in [-0.05, 0) is 42.7 Å². The molecule has 1 aliphatic carbocycles. The van der Waals surface area contributed by atoms with Crippen molar-refractivity contribution in [2.24, 2.45) is 0 Å². The zero-order chi connectivity index (χ0) is 14.8. The molecular weight excluding hydrogens is 290 g/mol. The topological polar surface area (TPSA) is 66.3 Å². The first-order chi connectivity index (χ1) is 10.1. The maximum Gasteiger partial charge on any atom is 0.274 e. The number of phenolic OH excluding ortho intramolecular Hbond substituents is 1. The second-order valence-electron chi connectivity index (χ2n) is 5.08. The Hall–Kier alpha value is -2.14. The van der Waals surface area contributed by atoms with Gasteiger partial charge in [0.1, 0.15) is 5.75 Å². The largest absolute Gasteiger partial charge is 0.508 e. The number of nitrogens with zero attached hydrogens (tertiary/aromatic N) is 3. The molecule has 5 nitrogen and oxygen atoms in total. The summed E-state index contributed by atoms with van der Waals surface area (Å²) in [6.07, 6.45) is 1.98. The van der Waals surface area contributed by atoms with Crippen LogP contribution in [0.5, 0.6) is 5.75 Å². The van der Waals surface area contributed by atoms with E-state index in [9.17, 15) is 9.90 Å². The van der Waals surface area contributed by atoms with Crippen LogP contribution in [0, 0.1) is 0 Å². The molecule has 0 atom stereocenters. The SMILES string of the molecule is O=C(c1ccc(Cl)nn1)N(Cc1cccc(O)c1)C1CC1. The van der Waals surface area contributed by atoms with Gasteiger partial charge in [0.2, 0.25) is 0 Å². The highest BCUT2D eigenvalue weighted by atomic mass is 35.5. The fourth-order valence-corrected chi connectivity index (χ4v) is 2.28. The lowest BCUT2D eigenvalue weighted by Crippen LogP contribution is -2.33. The quantitative estimate of drug-likeness (QED) is 0.943. The summed E-state index contributed by atoms with van der Waals surface area (Å²) in [6.45, 7) is 0.447. The van der Waals surface area contributed by atoms with Crippen molar-refractivity contribution >= 4 is 17.5 Å². The third-order valence-electron chi connectivity index (χ3n) is 3.36. The van der Waals surface area contributed by atoms with Crippen molar-refractivity contribution in [3.63, 3.8) is 0 Å². The van der Waals surface area contributed by atoms with E-state index in [1.807, 2.05) is 6.07 Å². The third-order valence-corrected chi connectivity index (χ3v) is 3.56. The molecule has 0 spiro atoms. The Bertz CT molecular complexity index is 656. The number of phenols is 1. The molecule has 6 heteroatoms. The predicted molar refractivity (Wildman–Crippen MR) is 78.0 cm³/mol. The second kappa shape index (κ2) is 5.69. The van der Waals surface area contributed by atoms with Crippen LogP contribution in [0.1, 0.15) is 28.9 Å². The van der Waals surface area contributed by atoms with Gasteiger partial charge in [-0.25, -0.2) is 0 Å². The van der Waals surface area contributed by atoms with Gasteiger partial charge in [0.05, 0.1) is 0 Å². The van der Waals surface area contributed by atoms with Crippen molar-refractivity contribution in [1.82, 2.24) is 15.1 Å². The van der Waals surface area contributed by atoms with Crippen molar-refractivity contribution in [2.75, 3.05) is 0 Å². The van der Waals surface area contributed by atoms with Gasteiger partial charge in [0, 0.05) is 12.6 Å². The molecule has 1 N–H and O–H groups in total. The average Bonchev–Trinajstić information content (AvgIpc) is 3.29. The van der Waals surface area contributed by atoms with E-state index in [-0.39, 0.29) is 28.5 Å². The van der Waals surface area contributed by atoms with Crippen LogP contribution in [-0.2, 0) is 6.54 Å². The summed E-state index contributed by atoms with van der Waals surface area (Å²) in [5.41, 5.74) is 1.17. The van der Waals surface area contributed by atoms with Crippen molar-refractivity contribution in [1.29, 1.82) is 0 Å². The van der Waals surface area contributed by atoms with Crippen LogP contribution >= 0.6 is 11.6 Å². The molecule has 0 radical (unpaired) electrons. The van der Waals surface area contributed by atoms with Gasteiger partial charge in [-0.2, -0.15) is 0 Å². The lowest BCUT2D eigenvalue weighted by atomic mass is 10.2. The summed E-state index contributed by atoms with van der Waals surface area (Å²) < 4.78 is 0. The molecule has 1 aromatic carbocycles. The molecular formula is C15H14ClN3O2. The average molecular weight is 304 g/mol. The molecule has 1 aliphatic rings. The predicted octanol–water partition coefficient (Wildman–Crippen LogP) is 2.64. The van der Waals surface area contributed by atoms with E-state index >= 15 is 0 Å². The van der Waals surface area contributed by atoms with E-state index in [0.717, 1.165) is 18.4 Å². The highest BCUT2D eigenvalue weighted by Gasteiger charge is 2.33. The van der Waals surface area contributed by atoms with Crippen LogP contribution in [0.3, 0.4) is 0 Å². The number of aromatic hydroxyl groups is 1. The molecule has 0 unspecified atom stereocenters. The molecule has 2 aromatic rings. The number of amides is 1. The Kier molecular flexibility index (Phi) is 3.75. The number of carbonyl (C=O) groups excluding carboxylic acids is 1. The van der Waals surface area contributed by atoms with Crippen LogP contribution in [0.25, 0.3) is 0 Å². The smallest absolute Gasteiger partial charge is 0.274 e. The van der Waals surface area contributed by atoms with Gasteiger partial charge in [0.25, 0.3) is 5.91 Å². The minimum Gasteiger partial charge on any atom is -0.508 e. The normalized spacial score (nSPS) is 14.0. The Morgan fingerprint density at radius 1 is 1.29 bits per heavy atom. The van der Waals surface area contributed by atoms with E-state index in [2.05, 4.69) is 10.2 Å². The van der Waals surface area contributed by atoms with E-state index in [1.54, 1.807) is 35.2 Å². The fraction of sp³-hybridized carbons (Fsp3) is 0.267. The van der Waals surface area contributed by atoms with Crippen molar-refractivity contribution in [2.45, 2.75) is 25.4 Å². The number of hydrogen-bond donors (Lipinski definition) is 1. The molecule has 21 heavy (non-hydrogen) atoms. The van der Waals surface area contributed by atoms with E-state index < -0.39 is 0 Å². The van der Waals surface area contributed by atoms with Gasteiger partial charge in [-0.1, -0.05) is 23.7 Å². The molecule has 0 bridgehead atoms. The Morgan fingerprint density at radius 2 is 2.10 bits per heavy atom. The molecule has 1 fully saturated rings. The molecule has 0 saturated heterocycles. The second-order valence-corrected chi connectivity index (χ2v) is 5.46. The first-order valence-electron chi connectivity index (χ1n) is 6.71. The first kappa shape index (κ1) is 13.8. The Morgan fingerprint density at radius 3 is 2.71 bits per heavy atom. The van der Waals surface area contributed by atoms with Crippen LogP contribution in [0.15, 0.2) is 36.4 Å². The summed E-state index contributed by atoms with van der Waals surface area (Å²) in [5.74, 6) is 0.0343. The maximum absolute atomic E-state index is 12.5. The summed E-state index contributed by atoms with van der Waals surface area (Å²) in [6, 6.07) is 10.3. The lowest BCUT2D eigenvalue weighted by molar-refractivity contribution is 0.0722. The summed E-state index contributed by atoms with van der Waals surface area (Å²) in [7, 11) is 0. The van der Waals surface area contributed by atoms with Crippen LogP contribution in [0.2, 0.25) is 5.15 Å². The molecule has 0 aliphatic heterocycles. The van der Waals surface area contributed by atoms with Crippen molar-refractivity contribution in [3.05, 3.63) is 52.8 Å². The molecule has 1 amide bonds. The maximum atomic E-state index is 12.5. The lowest BCUT2D eigenvalue weighted by Gasteiger charge is -2.22. The molecule has 108 valence electrons. The summed E-state index contributed by atoms with van der Waals surface area (Å²) >= 11 is 5.69. The van der Waals surface area contributed by atoms with E-state index in [1.165, 1.54) is 0 Å². The van der Waals surface area contributed by atoms with Crippen molar-refractivity contribution < 1.29 is 9.90 Å². The number of carbonyl (C=O) groups is 1. The molecule has 1 heterocycles. The highest BCUT2D eigenvalue weighted by molar-refractivity contribution is 6.29. The van der Waals surface area contributed by atoms with Gasteiger partial charge in [-0.15, -0.1) is 10.2 Å². The van der Waals surface area contributed by atoms with Crippen LogP contribution in [0.4, 0.5) is 0 Å². The molecule has 3 rings (SSSR count). The van der Waals surface area contributed by atoms with E-state index in [0.29, 0.717) is 6.54 Å². The van der Waals surface area contributed by atoms with Gasteiger partial charge in [0.15, 0.2) is 10.8 Å². The zero-order valence-corrected chi connectivity index (χ0v) is 12.0. The third kappa shape index (κ3) is 3.31. The minimum atomic E-state index is -0.162. The van der Waals surface area contributed by atoms with Crippen LogP contribution < -0.4 is 0 Å². The Balaban J connectivity index is 1.81. The summed E-state index contributed by atoms with van der Waals surface area (Å²) in [4.78, 5) is 14.3. The van der Waals surface area contributed by atoms with Gasteiger partial charge >= 0.3 is 0 Å². The van der Waals surface area contributed by atoms with E-state index in [4.69, 9.17) is 11.6 Å². The summed E-state index contributed by atoms with van der Waals surface area (Å²) in [5, 5.41) is 17.3. The fourth-order valence-electron chi connectivity index (χ4n) is 2.18. The number of benzene rings is 1. The first-order valence-corrected chi connectivity index (χ1v) is 7.09. The monoisotopic (exact) mass is 303 g/mol. The number of rotatable bonds is 4. The van der Waals surface area contributed by atoms with Crippen LogP contribution in [-0.4, -0.2) is 32.2 Å². The minimum absolute atomic E-state index is 0.162. The number of aromatic nitrogens is 2. The van der Waals surface area contributed by atoms with Gasteiger partial charge < -0.3 is 10.0 Å². The van der Waals surface area contributed by atoms with Crippen molar-refractivity contribution in [3.8, 4) is 5.75 Å². The molecule has 1 aromatic heterocycles.